The topological polar surface area (TPSA) is 71.5 Å². The third kappa shape index (κ3) is 4.86. The van der Waals surface area contributed by atoms with Crippen LogP contribution in [-0.2, 0) is 25.3 Å². The van der Waals surface area contributed by atoms with E-state index in [-0.39, 0.29) is 4.90 Å². The highest BCUT2D eigenvalue weighted by atomic mass is 35.5. The lowest BCUT2D eigenvalue weighted by molar-refractivity contribution is 0.600. The van der Waals surface area contributed by atoms with Crippen molar-refractivity contribution in [3.05, 3.63) is 88.3 Å². The van der Waals surface area contributed by atoms with Gasteiger partial charge in [0.05, 0.1) is 22.5 Å². The molecule has 0 aliphatic heterocycles. The second-order valence-corrected chi connectivity index (χ2v) is 14.0. The first-order chi connectivity index (χ1) is 15.8. The summed E-state index contributed by atoms with van der Waals surface area (Å²) in [7, 11) is -6.98. The van der Waals surface area contributed by atoms with Crippen molar-refractivity contribution in [3.8, 4) is 0 Å². The average molecular weight is 534 g/mol. The van der Waals surface area contributed by atoms with Gasteiger partial charge < -0.3 is 0 Å². The van der Waals surface area contributed by atoms with Gasteiger partial charge in [0, 0.05) is 21.4 Å². The first kappa shape index (κ1) is 24.7. The van der Waals surface area contributed by atoms with Crippen molar-refractivity contribution in [2.24, 2.45) is 0 Å². The van der Waals surface area contributed by atoms with Crippen LogP contribution in [0.25, 0.3) is 10.1 Å². The molecule has 1 aromatic heterocycles. The number of hydrogen-bond donors (Lipinski definition) is 0. The van der Waals surface area contributed by atoms with Gasteiger partial charge in [0.15, 0.2) is 9.84 Å². The van der Waals surface area contributed by atoms with Crippen LogP contribution in [0, 0.1) is 0 Å². The molecule has 0 atom stereocenters. The summed E-state index contributed by atoms with van der Waals surface area (Å²) in [5.41, 5.74) is 2.05. The van der Waals surface area contributed by atoms with Gasteiger partial charge in [-0.15, -0.1) is 11.3 Å². The number of thiophene rings is 1. The van der Waals surface area contributed by atoms with Gasteiger partial charge in [0.2, 0.25) is 10.0 Å². The summed E-state index contributed by atoms with van der Waals surface area (Å²) in [5, 5.41) is 3.33. The van der Waals surface area contributed by atoms with E-state index >= 15 is 0 Å². The van der Waals surface area contributed by atoms with E-state index in [0.29, 0.717) is 16.4 Å². The highest BCUT2D eigenvalue weighted by Gasteiger charge is 2.27. The monoisotopic (exact) mass is 533 g/mol. The molecule has 9 heteroatoms. The molecule has 0 bridgehead atoms. The molecule has 34 heavy (non-hydrogen) atoms. The van der Waals surface area contributed by atoms with Crippen LogP contribution in [0.1, 0.15) is 25.0 Å². The molecule has 4 rings (SSSR count). The third-order valence-corrected chi connectivity index (χ3v) is 9.17. The molecule has 4 aromatic rings. The number of halogens is 1. The van der Waals surface area contributed by atoms with Crippen molar-refractivity contribution in [2.45, 2.75) is 24.2 Å². The van der Waals surface area contributed by atoms with Crippen LogP contribution in [-0.4, -0.2) is 29.3 Å². The number of nitrogens with zero attached hydrogens (tertiary/aromatic N) is 1. The Morgan fingerprint density at radius 1 is 0.794 bits per heavy atom. The lowest BCUT2D eigenvalue weighted by atomic mass is 9.78. The maximum atomic E-state index is 12.9. The van der Waals surface area contributed by atoms with Crippen molar-refractivity contribution in [3.63, 3.8) is 0 Å². The molecular weight excluding hydrogens is 510 g/mol. The van der Waals surface area contributed by atoms with Crippen molar-refractivity contribution in [1.29, 1.82) is 0 Å². The number of sulfone groups is 1. The Bertz CT molecular complexity index is 1590. The molecule has 0 saturated heterocycles. The number of fused-ring (bicyclic) bond motifs is 1. The van der Waals surface area contributed by atoms with Crippen LogP contribution in [0.15, 0.2) is 77.0 Å². The SMILES string of the molecule is CC(C)(c1ccc(S(C)(=O)=O)cc1)c1cc(Cl)cc(N(c2ccc3sccc3c2)S(C)(=O)=O)c1. The minimum Gasteiger partial charge on any atom is -0.239 e. The molecule has 5 nitrogen and oxygen atoms in total. The fourth-order valence-electron chi connectivity index (χ4n) is 3.95. The maximum Gasteiger partial charge on any atom is 0.236 e. The number of sulfonamides is 1. The number of benzene rings is 3. The van der Waals surface area contributed by atoms with E-state index in [1.807, 2.05) is 43.5 Å². The van der Waals surface area contributed by atoms with Gasteiger partial charge in [-0.1, -0.05) is 37.6 Å². The predicted molar refractivity (Wildman–Crippen MR) is 142 cm³/mol. The van der Waals surface area contributed by atoms with Crippen molar-refractivity contribution in [2.75, 3.05) is 16.8 Å². The summed E-state index contributed by atoms with van der Waals surface area (Å²) in [5.74, 6) is 0. The fourth-order valence-corrected chi connectivity index (χ4v) is 6.57. The number of hydrogen-bond acceptors (Lipinski definition) is 5. The zero-order valence-corrected chi connectivity index (χ0v) is 22.3. The molecule has 0 aliphatic rings. The molecule has 0 amide bonds. The van der Waals surface area contributed by atoms with E-state index in [1.54, 1.807) is 53.8 Å². The molecule has 0 N–H and O–H groups in total. The highest BCUT2D eigenvalue weighted by molar-refractivity contribution is 7.92. The molecule has 0 aliphatic carbocycles. The molecule has 0 saturated carbocycles. The first-order valence-corrected chi connectivity index (χ1v) is 15.4. The summed E-state index contributed by atoms with van der Waals surface area (Å²) in [6.45, 7) is 3.97. The van der Waals surface area contributed by atoms with Gasteiger partial charge in [-0.2, -0.15) is 0 Å². The largest absolute Gasteiger partial charge is 0.239 e. The zero-order valence-electron chi connectivity index (χ0n) is 19.1. The molecule has 0 unspecified atom stereocenters. The van der Waals surface area contributed by atoms with Gasteiger partial charge in [0.25, 0.3) is 0 Å². The summed E-state index contributed by atoms with van der Waals surface area (Å²) in [6.07, 6.45) is 2.34. The van der Waals surface area contributed by atoms with Gasteiger partial charge >= 0.3 is 0 Å². The Labute approximate surface area is 209 Å². The maximum absolute atomic E-state index is 12.9. The fraction of sp³-hybridized carbons (Fsp3) is 0.200. The normalized spacial score (nSPS) is 12.7. The lowest BCUT2D eigenvalue weighted by Gasteiger charge is -2.29. The predicted octanol–water partition coefficient (Wildman–Crippen LogP) is 6.38. The minimum absolute atomic E-state index is 0.242. The summed E-state index contributed by atoms with van der Waals surface area (Å²) >= 11 is 8.08. The molecular formula is C25H24ClNO4S3. The van der Waals surface area contributed by atoms with Crippen molar-refractivity contribution in [1.82, 2.24) is 0 Å². The lowest BCUT2D eigenvalue weighted by Crippen LogP contribution is -2.26. The molecule has 3 aromatic carbocycles. The van der Waals surface area contributed by atoms with Crippen molar-refractivity contribution < 1.29 is 16.8 Å². The Balaban J connectivity index is 1.83. The Hall–Kier alpha value is -2.39. The van der Waals surface area contributed by atoms with E-state index in [1.165, 1.54) is 16.8 Å². The van der Waals surface area contributed by atoms with Gasteiger partial charge in [-0.05, 0) is 76.5 Å². The standard InChI is InChI=1S/C25H24ClNO4S3/c1-25(2,18-5-8-23(9-6-18)33(3,28)29)19-14-20(26)16-22(15-19)27(34(4,30)31)21-7-10-24-17(13-21)11-12-32-24/h5-16H,1-4H3. The van der Waals surface area contributed by atoms with Crippen LogP contribution >= 0.6 is 22.9 Å². The molecule has 0 spiro atoms. The van der Waals surface area contributed by atoms with Crippen LogP contribution in [0.2, 0.25) is 5.02 Å². The molecule has 178 valence electrons. The molecule has 0 radical (unpaired) electrons. The Kier molecular flexibility index (Phi) is 6.31. The first-order valence-electron chi connectivity index (χ1n) is 10.4. The number of anilines is 2. The van der Waals surface area contributed by atoms with Gasteiger partial charge in [-0.3, -0.25) is 0 Å². The van der Waals surface area contributed by atoms with Crippen LogP contribution in [0.3, 0.4) is 0 Å². The molecule has 1 heterocycles. The molecule has 0 fully saturated rings. The Morgan fingerprint density at radius 3 is 2.09 bits per heavy atom. The van der Waals surface area contributed by atoms with Crippen molar-refractivity contribution >= 4 is 64.3 Å². The quantitative estimate of drug-likeness (QED) is 0.288. The van der Waals surface area contributed by atoms with E-state index < -0.39 is 25.3 Å². The van der Waals surface area contributed by atoms with Crippen LogP contribution in [0.4, 0.5) is 11.4 Å². The van der Waals surface area contributed by atoms with E-state index in [4.69, 9.17) is 11.6 Å². The summed E-state index contributed by atoms with van der Waals surface area (Å²) in [4.78, 5) is 0.242. The average Bonchev–Trinajstić information content (AvgIpc) is 3.20. The zero-order chi connectivity index (χ0) is 24.9. The second-order valence-electron chi connectivity index (χ2n) is 8.79. The third-order valence-electron chi connectivity index (χ3n) is 5.85. The van der Waals surface area contributed by atoms with Crippen LogP contribution < -0.4 is 4.31 Å². The highest BCUT2D eigenvalue weighted by Crippen LogP contribution is 2.39. The van der Waals surface area contributed by atoms with Crippen LogP contribution in [0.5, 0.6) is 0 Å². The van der Waals surface area contributed by atoms with Gasteiger partial charge in [-0.25, -0.2) is 21.1 Å². The van der Waals surface area contributed by atoms with E-state index in [2.05, 4.69) is 0 Å². The Morgan fingerprint density at radius 2 is 1.47 bits per heavy atom. The summed E-state index contributed by atoms with van der Waals surface area (Å²) in [6, 6.07) is 19.5. The van der Waals surface area contributed by atoms with Gasteiger partial charge in [0.1, 0.15) is 0 Å². The van der Waals surface area contributed by atoms with E-state index in [9.17, 15) is 16.8 Å². The summed E-state index contributed by atoms with van der Waals surface area (Å²) < 4.78 is 51.9. The second kappa shape index (κ2) is 8.68. The van der Waals surface area contributed by atoms with E-state index in [0.717, 1.165) is 21.2 Å². The smallest absolute Gasteiger partial charge is 0.236 e. The number of rotatable bonds is 6. The minimum atomic E-state index is -3.68.